The third-order valence-corrected chi connectivity index (χ3v) is 4.66. The molecule has 2 rings (SSSR count). The first-order valence-electron chi connectivity index (χ1n) is 3.63. The molecule has 1 aromatic carbocycles. The zero-order chi connectivity index (χ0) is 9.42. The summed E-state index contributed by atoms with van der Waals surface area (Å²) >= 11 is 6.56. The van der Waals surface area contributed by atoms with Crippen molar-refractivity contribution in [1.82, 2.24) is 0 Å². The molecule has 0 saturated heterocycles. The maximum Gasteiger partial charge on any atom is 0.133 e. The van der Waals surface area contributed by atoms with Crippen LogP contribution in [0.15, 0.2) is 26.9 Å². The van der Waals surface area contributed by atoms with E-state index in [2.05, 4.69) is 15.9 Å². The molecule has 0 amide bonds. The van der Waals surface area contributed by atoms with Gasteiger partial charge in [-0.2, -0.15) is 0 Å². The molecule has 0 aliphatic heterocycles. The second-order valence-electron chi connectivity index (χ2n) is 2.54. The molecule has 68 valence electrons. The van der Waals surface area contributed by atoms with Gasteiger partial charge in [0.25, 0.3) is 0 Å². The van der Waals surface area contributed by atoms with Crippen LogP contribution < -0.4 is 0 Å². The minimum absolute atomic E-state index is 0.152. The third kappa shape index (κ3) is 1.51. The van der Waals surface area contributed by atoms with Gasteiger partial charge >= 0.3 is 0 Å². The van der Waals surface area contributed by atoms with Crippen LogP contribution in [0, 0.1) is 5.82 Å². The second-order valence-corrected chi connectivity index (χ2v) is 5.12. The molecule has 0 radical (unpaired) electrons. The molecular weight excluding hydrogens is 271 g/mol. The molecular formula is C9H6BrFS2. The molecule has 0 nitrogen and oxygen atoms in total. The number of halogens is 2. The summed E-state index contributed by atoms with van der Waals surface area (Å²) in [6, 6.07) is 3.34. The normalized spacial score (nSPS) is 11.0. The highest BCUT2D eigenvalue weighted by molar-refractivity contribution is 9.10. The average Bonchev–Trinajstić information content (AvgIpc) is 2.50. The van der Waals surface area contributed by atoms with Crippen molar-refractivity contribution in [3.63, 3.8) is 0 Å². The Kier molecular flexibility index (Phi) is 2.62. The van der Waals surface area contributed by atoms with Crippen LogP contribution in [0.3, 0.4) is 0 Å². The minimum Gasteiger partial charge on any atom is -0.206 e. The molecule has 0 atom stereocenters. The highest BCUT2D eigenvalue weighted by atomic mass is 79.9. The number of fused-ring (bicyclic) bond motifs is 1. The molecule has 0 bridgehead atoms. The van der Waals surface area contributed by atoms with E-state index < -0.39 is 0 Å². The molecule has 0 spiro atoms. The minimum atomic E-state index is -0.152. The van der Waals surface area contributed by atoms with E-state index in [1.54, 1.807) is 23.1 Å². The lowest BCUT2D eigenvalue weighted by Crippen LogP contribution is -1.77. The smallest absolute Gasteiger partial charge is 0.133 e. The van der Waals surface area contributed by atoms with Crippen LogP contribution in [0.5, 0.6) is 0 Å². The predicted octanol–water partition coefficient (Wildman–Crippen LogP) is 4.52. The molecule has 0 aliphatic rings. The number of hydrogen-bond acceptors (Lipinski definition) is 2. The van der Waals surface area contributed by atoms with Crippen molar-refractivity contribution in [2.45, 2.75) is 4.90 Å². The first-order chi connectivity index (χ1) is 6.24. The van der Waals surface area contributed by atoms with E-state index in [1.165, 1.54) is 6.07 Å². The highest BCUT2D eigenvalue weighted by Crippen LogP contribution is 2.37. The molecule has 1 heterocycles. The van der Waals surface area contributed by atoms with Gasteiger partial charge in [-0.1, -0.05) is 0 Å². The number of thioether (sulfide) groups is 1. The van der Waals surface area contributed by atoms with Crippen molar-refractivity contribution >= 4 is 49.1 Å². The Bertz CT molecular complexity index is 450. The Labute approximate surface area is 92.3 Å². The number of hydrogen-bond donors (Lipinski definition) is 0. The van der Waals surface area contributed by atoms with Gasteiger partial charge in [0.15, 0.2) is 0 Å². The van der Waals surface area contributed by atoms with Crippen LogP contribution in [-0.4, -0.2) is 6.26 Å². The van der Waals surface area contributed by atoms with Crippen molar-refractivity contribution in [3.05, 3.63) is 27.8 Å². The first-order valence-corrected chi connectivity index (χ1v) is 6.53. The van der Waals surface area contributed by atoms with Gasteiger partial charge < -0.3 is 0 Å². The molecule has 0 aliphatic carbocycles. The Morgan fingerprint density at radius 2 is 2.23 bits per heavy atom. The van der Waals surface area contributed by atoms with Crippen LogP contribution in [0.1, 0.15) is 0 Å². The largest absolute Gasteiger partial charge is 0.206 e. The van der Waals surface area contributed by atoms with Gasteiger partial charge in [0, 0.05) is 20.1 Å². The van der Waals surface area contributed by atoms with Gasteiger partial charge in [0.05, 0.1) is 4.70 Å². The highest BCUT2D eigenvalue weighted by Gasteiger charge is 2.10. The molecule has 0 unspecified atom stereocenters. The fourth-order valence-corrected chi connectivity index (χ4v) is 3.74. The van der Waals surface area contributed by atoms with E-state index in [0.717, 1.165) is 14.1 Å². The van der Waals surface area contributed by atoms with Gasteiger partial charge in [0.1, 0.15) is 5.82 Å². The van der Waals surface area contributed by atoms with Gasteiger partial charge in [-0.25, -0.2) is 4.39 Å². The molecule has 0 fully saturated rings. The maximum absolute atomic E-state index is 13.4. The molecule has 0 saturated carbocycles. The number of rotatable bonds is 1. The summed E-state index contributed by atoms with van der Waals surface area (Å²) in [4.78, 5) is 1.13. The lowest BCUT2D eigenvalue weighted by atomic mass is 10.2. The van der Waals surface area contributed by atoms with Crippen LogP contribution in [0.2, 0.25) is 0 Å². The predicted molar refractivity (Wildman–Crippen MR) is 61.3 cm³/mol. The van der Waals surface area contributed by atoms with Gasteiger partial charge in [-0.15, -0.1) is 23.1 Å². The number of benzene rings is 1. The quantitative estimate of drug-likeness (QED) is 0.690. The van der Waals surface area contributed by atoms with E-state index in [1.807, 2.05) is 17.7 Å². The summed E-state index contributed by atoms with van der Waals surface area (Å²) in [5.41, 5.74) is 0. The Morgan fingerprint density at radius 3 is 2.92 bits per heavy atom. The topological polar surface area (TPSA) is 0 Å². The maximum atomic E-state index is 13.4. The fourth-order valence-electron chi connectivity index (χ4n) is 1.21. The monoisotopic (exact) mass is 276 g/mol. The van der Waals surface area contributed by atoms with Crippen molar-refractivity contribution in [1.29, 1.82) is 0 Å². The van der Waals surface area contributed by atoms with E-state index in [9.17, 15) is 4.39 Å². The van der Waals surface area contributed by atoms with Crippen molar-refractivity contribution in [3.8, 4) is 0 Å². The summed E-state index contributed by atoms with van der Waals surface area (Å²) < 4.78 is 15.2. The third-order valence-electron chi connectivity index (χ3n) is 1.81. The van der Waals surface area contributed by atoms with Crippen molar-refractivity contribution in [2.24, 2.45) is 0 Å². The van der Waals surface area contributed by atoms with E-state index in [-0.39, 0.29) is 5.82 Å². The number of thiophene rings is 1. The summed E-state index contributed by atoms with van der Waals surface area (Å²) in [5.74, 6) is -0.152. The van der Waals surface area contributed by atoms with Gasteiger partial charge in [-0.3, -0.25) is 0 Å². The molecule has 0 N–H and O–H groups in total. The summed E-state index contributed by atoms with van der Waals surface area (Å²) in [6.45, 7) is 0. The lowest BCUT2D eigenvalue weighted by molar-refractivity contribution is 0.639. The van der Waals surface area contributed by atoms with Crippen LogP contribution >= 0.6 is 39.0 Å². The lowest BCUT2D eigenvalue weighted by Gasteiger charge is -1.99. The Morgan fingerprint density at radius 1 is 1.46 bits per heavy atom. The molecule has 4 heteroatoms. The zero-order valence-corrected chi connectivity index (χ0v) is 10.0. The fraction of sp³-hybridized carbons (Fsp3) is 0.111. The van der Waals surface area contributed by atoms with Crippen LogP contribution in [0.25, 0.3) is 10.1 Å². The van der Waals surface area contributed by atoms with Crippen LogP contribution in [0.4, 0.5) is 4.39 Å². The standard InChI is InChI=1S/C9H6BrFS2/c1-12-7-3-2-6(11)8-5(10)4-13-9(7)8/h2-4H,1H3. The summed E-state index contributed by atoms with van der Waals surface area (Å²) in [6.07, 6.45) is 2.00. The average molecular weight is 277 g/mol. The summed E-state index contributed by atoms with van der Waals surface area (Å²) in [5, 5.41) is 2.63. The van der Waals surface area contributed by atoms with Gasteiger partial charge in [0.2, 0.25) is 0 Å². The van der Waals surface area contributed by atoms with E-state index in [4.69, 9.17) is 0 Å². The molecule has 1 aromatic heterocycles. The molecule has 2 aromatic rings. The summed E-state index contributed by atoms with van der Waals surface area (Å²) in [7, 11) is 0. The Balaban J connectivity index is 2.87. The van der Waals surface area contributed by atoms with E-state index in [0.29, 0.717) is 5.39 Å². The van der Waals surface area contributed by atoms with Crippen molar-refractivity contribution in [2.75, 3.05) is 6.26 Å². The Hall–Kier alpha value is -0.0600. The molecule has 13 heavy (non-hydrogen) atoms. The SMILES string of the molecule is CSc1ccc(F)c2c(Br)csc12. The first kappa shape index (κ1) is 9.49. The van der Waals surface area contributed by atoms with E-state index >= 15 is 0 Å². The second kappa shape index (κ2) is 3.59. The van der Waals surface area contributed by atoms with Crippen molar-refractivity contribution < 1.29 is 4.39 Å². The zero-order valence-electron chi connectivity index (χ0n) is 6.80. The van der Waals surface area contributed by atoms with Crippen LogP contribution in [-0.2, 0) is 0 Å². The van der Waals surface area contributed by atoms with Gasteiger partial charge in [-0.05, 0) is 34.3 Å².